The Morgan fingerprint density at radius 1 is 1.50 bits per heavy atom. The number of hydrogen-bond donors (Lipinski definition) is 1. The highest BCUT2D eigenvalue weighted by Gasteiger charge is 2.31. The number of carbonyl (C=O) groups excluding carboxylic acids is 2. The number of piperidine rings is 1. The van der Waals surface area contributed by atoms with E-state index < -0.39 is 11.9 Å². The van der Waals surface area contributed by atoms with E-state index in [9.17, 15) is 9.59 Å². The van der Waals surface area contributed by atoms with Crippen molar-refractivity contribution in [3.63, 3.8) is 0 Å². The molecule has 7 heteroatoms. The molecule has 22 heavy (non-hydrogen) atoms. The molecule has 114 valence electrons. The summed E-state index contributed by atoms with van der Waals surface area (Å²) in [5, 5.41) is 6.39. The van der Waals surface area contributed by atoms with E-state index in [0.717, 1.165) is 12.1 Å². The van der Waals surface area contributed by atoms with Gasteiger partial charge in [-0.3, -0.25) is 14.6 Å². The Kier molecular flexibility index (Phi) is 3.86. The lowest BCUT2D eigenvalue weighted by molar-refractivity contribution is -0.121. The van der Waals surface area contributed by atoms with Gasteiger partial charge in [-0.15, -0.1) is 0 Å². The molecule has 0 bridgehead atoms. The van der Waals surface area contributed by atoms with Gasteiger partial charge in [0.25, 0.3) is 5.91 Å². The van der Waals surface area contributed by atoms with Crippen LogP contribution in [0.15, 0.2) is 35.1 Å². The van der Waals surface area contributed by atoms with Gasteiger partial charge in [-0.1, -0.05) is 5.16 Å². The van der Waals surface area contributed by atoms with Crippen molar-refractivity contribution < 1.29 is 14.1 Å². The van der Waals surface area contributed by atoms with E-state index in [-0.39, 0.29) is 11.7 Å². The van der Waals surface area contributed by atoms with Crippen LogP contribution >= 0.6 is 0 Å². The fourth-order valence-electron chi connectivity index (χ4n) is 2.48. The van der Waals surface area contributed by atoms with Crippen molar-refractivity contribution >= 4 is 17.5 Å². The van der Waals surface area contributed by atoms with Gasteiger partial charge in [0, 0.05) is 18.8 Å². The first kappa shape index (κ1) is 14.2. The Morgan fingerprint density at radius 3 is 3.05 bits per heavy atom. The Labute approximate surface area is 127 Å². The summed E-state index contributed by atoms with van der Waals surface area (Å²) < 4.78 is 4.92. The molecule has 1 unspecified atom stereocenters. The monoisotopic (exact) mass is 300 g/mol. The summed E-state index contributed by atoms with van der Waals surface area (Å²) in [5.41, 5.74) is 1.36. The molecule has 1 N–H and O–H groups in total. The van der Waals surface area contributed by atoms with E-state index in [1.807, 2.05) is 6.07 Å². The van der Waals surface area contributed by atoms with E-state index in [1.54, 1.807) is 36.4 Å². The molecule has 0 saturated carbocycles. The zero-order valence-corrected chi connectivity index (χ0v) is 12.2. The average Bonchev–Trinajstić information content (AvgIpc) is 2.97. The molecule has 0 aromatic carbocycles. The first-order valence-electron chi connectivity index (χ1n) is 7.11. The molecule has 1 atom stereocenters. The Hall–Kier alpha value is -2.70. The highest BCUT2D eigenvalue weighted by Crippen LogP contribution is 2.20. The van der Waals surface area contributed by atoms with Gasteiger partial charge in [0.05, 0.1) is 17.6 Å². The van der Waals surface area contributed by atoms with E-state index in [4.69, 9.17) is 4.52 Å². The third-order valence-corrected chi connectivity index (χ3v) is 3.55. The second kappa shape index (κ2) is 5.97. The minimum Gasteiger partial charge on any atom is -0.351 e. The van der Waals surface area contributed by atoms with Crippen LogP contribution < -0.4 is 10.2 Å². The number of amides is 2. The van der Waals surface area contributed by atoms with Crippen molar-refractivity contribution in [3.8, 4) is 0 Å². The van der Waals surface area contributed by atoms with Gasteiger partial charge in [0.1, 0.15) is 6.04 Å². The van der Waals surface area contributed by atoms with Crippen molar-refractivity contribution in [2.24, 2.45) is 0 Å². The fraction of sp³-hybridized carbons (Fsp3) is 0.333. The van der Waals surface area contributed by atoms with Gasteiger partial charge >= 0.3 is 0 Å². The molecule has 7 nitrogen and oxygen atoms in total. The standard InChI is InChI=1S/C15H16N4O3/c1-10-8-13(22-18-10)14(20)17-12-5-3-7-19(15(12)21)11-4-2-6-16-9-11/h2,4,6,8-9,12H,3,5,7H2,1H3,(H,17,20). The lowest BCUT2D eigenvalue weighted by Gasteiger charge is -2.32. The SMILES string of the molecule is Cc1cc(C(=O)NC2CCCN(c3cccnc3)C2=O)on1. The number of nitrogens with one attached hydrogen (secondary N) is 1. The molecule has 2 amide bonds. The highest BCUT2D eigenvalue weighted by atomic mass is 16.5. The third-order valence-electron chi connectivity index (χ3n) is 3.55. The first-order chi connectivity index (χ1) is 10.6. The summed E-state index contributed by atoms with van der Waals surface area (Å²) in [6.45, 7) is 2.36. The second-order valence-electron chi connectivity index (χ2n) is 5.20. The minimum atomic E-state index is -0.563. The van der Waals surface area contributed by atoms with Crippen LogP contribution in [0.2, 0.25) is 0 Å². The average molecular weight is 300 g/mol. The zero-order chi connectivity index (χ0) is 15.5. The summed E-state index contributed by atoms with van der Waals surface area (Å²) >= 11 is 0. The van der Waals surface area contributed by atoms with E-state index >= 15 is 0 Å². The Bertz CT molecular complexity index is 683. The zero-order valence-electron chi connectivity index (χ0n) is 12.2. The minimum absolute atomic E-state index is 0.115. The summed E-state index contributed by atoms with van der Waals surface area (Å²) in [4.78, 5) is 30.3. The molecule has 1 fully saturated rings. The van der Waals surface area contributed by atoms with E-state index in [1.165, 1.54) is 0 Å². The molecule has 3 rings (SSSR count). The van der Waals surface area contributed by atoms with Crippen molar-refractivity contribution in [2.45, 2.75) is 25.8 Å². The largest absolute Gasteiger partial charge is 0.351 e. The topological polar surface area (TPSA) is 88.3 Å². The maximum atomic E-state index is 12.5. The number of nitrogens with zero attached hydrogens (tertiary/aromatic N) is 3. The van der Waals surface area contributed by atoms with E-state index in [0.29, 0.717) is 18.7 Å². The van der Waals surface area contributed by atoms with Gasteiger partial charge in [-0.25, -0.2) is 0 Å². The lowest BCUT2D eigenvalue weighted by Crippen LogP contribution is -2.52. The van der Waals surface area contributed by atoms with Crippen LogP contribution in [-0.2, 0) is 4.79 Å². The molecule has 1 aliphatic heterocycles. The molecule has 0 radical (unpaired) electrons. The maximum Gasteiger partial charge on any atom is 0.290 e. The second-order valence-corrected chi connectivity index (χ2v) is 5.20. The van der Waals surface area contributed by atoms with Crippen LogP contribution in [0.5, 0.6) is 0 Å². The van der Waals surface area contributed by atoms with Crippen LogP contribution in [-0.4, -0.2) is 34.5 Å². The fourth-order valence-corrected chi connectivity index (χ4v) is 2.48. The number of carbonyl (C=O) groups is 2. The number of aromatic nitrogens is 2. The van der Waals surface area contributed by atoms with Crippen LogP contribution in [0, 0.1) is 6.92 Å². The molecular weight excluding hydrogens is 284 g/mol. The summed E-state index contributed by atoms with van der Waals surface area (Å²) in [6.07, 6.45) is 4.71. The van der Waals surface area contributed by atoms with Gasteiger partial charge < -0.3 is 14.7 Å². The summed E-state index contributed by atoms with van der Waals surface area (Å²) in [7, 11) is 0. The van der Waals surface area contributed by atoms with Crippen molar-refractivity contribution in [3.05, 3.63) is 42.0 Å². The lowest BCUT2D eigenvalue weighted by atomic mass is 10.0. The number of anilines is 1. The quantitative estimate of drug-likeness (QED) is 0.923. The Morgan fingerprint density at radius 2 is 2.36 bits per heavy atom. The van der Waals surface area contributed by atoms with Gasteiger partial charge in [0.15, 0.2) is 0 Å². The molecule has 0 aliphatic carbocycles. The third kappa shape index (κ3) is 2.83. The molecule has 3 heterocycles. The number of pyridine rings is 1. The first-order valence-corrected chi connectivity index (χ1v) is 7.11. The summed E-state index contributed by atoms with van der Waals surface area (Å²) in [5.74, 6) is -0.445. The molecule has 2 aromatic rings. The molecule has 2 aromatic heterocycles. The normalized spacial score (nSPS) is 18.3. The predicted molar refractivity (Wildman–Crippen MR) is 78.3 cm³/mol. The number of hydrogen-bond acceptors (Lipinski definition) is 5. The molecular formula is C15H16N4O3. The van der Waals surface area contributed by atoms with Crippen LogP contribution in [0.3, 0.4) is 0 Å². The smallest absolute Gasteiger partial charge is 0.290 e. The number of rotatable bonds is 3. The Balaban J connectivity index is 1.72. The van der Waals surface area contributed by atoms with Gasteiger partial charge in [-0.05, 0) is 31.9 Å². The van der Waals surface area contributed by atoms with Crippen molar-refractivity contribution in [1.29, 1.82) is 0 Å². The summed E-state index contributed by atoms with van der Waals surface area (Å²) in [6, 6.07) is 4.59. The molecule has 0 spiro atoms. The highest BCUT2D eigenvalue weighted by molar-refractivity contribution is 6.01. The van der Waals surface area contributed by atoms with E-state index in [2.05, 4.69) is 15.5 Å². The maximum absolute atomic E-state index is 12.5. The van der Waals surface area contributed by atoms with Crippen LogP contribution in [0.1, 0.15) is 29.1 Å². The van der Waals surface area contributed by atoms with Crippen molar-refractivity contribution in [1.82, 2.24) is 15.5 Å². The molecule has 1 aliphatic rings. The van der Waals surface area contributed by atoms with Crippen LogP contribution in [0.25, 0.3) is 0 Å². The molecule has 1 saturated heterocycles. The van der Waals surface area contributed by atoms with Gasteiger partial charge in [-0.2, -0.15) is 0 Å². The van der Waals surface area contributed by atoms with Crippen molar-refractivity contribution in [2.75, 3.05) is 11.4 Å². The van der Waals surface area contributed by atoms with Crippen LogP contribution in [0.4, 0.5) is 5.69 Å². The van der Waals surface area contributed by atoms with Gasteiger partial charge in [0.2, 0.25) is 11.7 Å². The number of aryl methyl sites for hydroxylation is 1. The predicted octanol–water partition coefficient (Wildman–Crippen LogP) is 1.30.